The number of methoxy groups -OCH3 is 1. The van der Waals surface area contributed by atoms with Gasteiger partial charge in [-0.1, -0.05) is 23.5 Å². The van der Waals surface area contributed by atoms with Gasteiger partial charge in [0.2, 0.25) is 5.01 Å². The molecule has 0 bridgehead atoms. The van der Waals surface area contributed by atoms with Crippen molar-refractivity contribution in [3.05, 3.63) is 58.5 Å². The molecule has 0 fully saturated rings. The fraction of sp³-hybridized carbons (Fsp3) is 0.200. The molecule has 3 amide bonds. The van der Waals surface area contributed by atoms with Crippen molar-refractivity contribution in [1.82, 2.24) is 15.5 Å². The van der Waals surface area contributed by atoms with Crippen LogP contribution in [0.3, 0.4) is 0 Å². The molecule has 0 aliphatic heterocycles. The molecule has 0 spiro atoms. The van der Waals surface area contributed by atoms with Gasteiger partial charge in [-0.3, -0.25) is 4.79 Å². The van der Waals surface area contributed by atoms with E-state index in [1.165, 1.54) is 0 Å². The van der Waals surface area contributed by atoms with Gasteiger partial charge in [0.1, 0.15) is 16.5 Å². The topological polar surface area (TPSA) is 114 Å². The third-order valence-corrected chi connectivity index (χ3v) is 4.77. The van der Waals surface area contributed by atoms with Crippen LogP contribution in [0.5, 0.6) is 11.5 Å². The first-order chi connectivity index (χ1) is 14.6. The Bertz CT molecular complexity index is 1010. The van der Waals surface area contributed by atoms with Crippen molar-refractivity contribution in [2.75, 3.05) is 24.4 Å². The largest absolute Gasteiger partial charge is 0.497 e. The van der Waals surface area contributed by atoms with Crippen LogP contribution in [0.25, 0.3) is 0 Å². The van der Waals surface area contributed by atoms with Gasteiger partial charge in [0.15, 0.2) is 0 Å². The van der Waals surface area contributed by atoms with Crippen LogP contribution >= 0.6 is 11.3 Å². The van der Waals surface area contributed by atoms with Crippen LogP contribution in [0.15, 0.2) is 48.5 Å². The van der Waals surface area contributed by atoms with Crippen molar-refractivity contribution in [3.8, 4) is 11.5 Å². The Morgan fingerprint density at radius 1 is 1.03 bits per heavy atom. The van der Waals surface area contributed by atoms with E-state index in [2.05, 4.69) is 26.1 Å². The number of carbonyl (C=O) groups excluding carboxylic acids is 2. The van der Waals surface area contributed by atoms with E-state index in [4.69, 9.17) is 9.47 Å². The number of urea groups is 1. The predicted molar refractivity (Wildman–Crippen MR) is 114 cm³/mol. The second-order valence-electron chi connectivity index (χ2n) is 5.92. The lowest BCUT2D eigenvalue weighted by molar-refractivity contribution is 0.102. The number of carbonyl (C=O) groups is 2. The summed E-state index contributed by atoms with van der Waals surface area (Å²) in [5, 5.41) is 16.7. The van der Waals surface area contributed by atoms with Crippen LogP contribution in [-0.4, -0.2) is 35.9 Å². The van der Waals surface area contributed by atoms with Crippen LogP contribution < -0.4 is 25.4 Å². The highest BCUT2D eigenvalue weighted by atomic mass is 32.1. The molecule has 1 heterocycles. The second-order valence-corrected chi connectivity index (χ2v) is 6.98. The molecule has 0 aliphatic rings. The average molecular weight is 427 g/mol. The Hall–Kier alpha value is -3.66. The molecule has 1 aromatic heterocycles. The fourth-order valence-electron chi connectivity index (χ4n) is 2.45. The van der Waals surface area contributed by atoms with E-state index < -0.39 is 6.03 Å². The maximum absolute atomic E-state index is 12.3. The molecule has 3 aromatic rings. The molecular formula is C20H21N5O4S. The van der Waals surface area contributed by atoms with E-state index in [-0.39, 0.29) is 17.5 Å². The number of anilines is 2. The smallest absolute Gasteiger partial charge is 0.319 e. The summed E-state index contributed by atoms with van der Waals surface area (Å²) >= 11 is 1.10. The van der Waals surface area contributed by atoms with Crippen LogP contribution in [0, 0.1) is 0 Å². The molecule has 10 heteroatoms. The summed E-state index contributed by atoms with van der Waals surface area (Å²) in [5.41, 5.74) is 1.18. The number of hydrogen-bond donors (Lipinski definition) is 3. The molecule has 30 heavy (non-hydrogen) atoms. The van der Waals surface area contributed by atoms with Crippen molar-refractivity contribution in [1.29, 1.82) is 0 Å². The summed E-state index contributed by atoms with van der Waals surface area (Å²) in [5.74, 6) is 0.905. The van der Waals surface area contributed by atoms with Gasteiger partial charge in [-0.2, -0.15) is 0 Å². The van der Waals surface area contributed by atoms with E-state index in [0.29, 0.717) is 34.5 Å². The number of para-hydroxylation sites is 2. The Balaban J connectivity index is 1.52. The zero-order valence-electron chi connectivity index (χ0n) is 16.5. The lowest BCUT2D eigenvalue weighted by atomic mass is 10.3. The molecule has 156 valence electrons. The monoisotopic (exact) mass is 427 g/mol. The SMILES string of the molecule is CCOc1ccccc1NC(=O)NCc1nnc(C(=O)Nc2ccc(OC)cc2)s1. The van der Waals surface area contributed by atoms with Gasteiger partial charge in [0.05, 0.1) is 25.9 Å². The molecule has 0 radical (unpaired) electrons. The van der Waals surface area contributed by atoms with Crippen LogP contribution in [-0.2, 0) is 6.54 Å². The first kappa shape index (κ1) is 21.1. The lowest BCUT2D eigenvalue weighted by Gasteiger charge is -2.11. The van der Waals surface area contributed by atoms with Gasteiger partial charge in [-0.25, -0.2) is 4.79 Å². The van der Waals surface area contributed by atoms with E-state index >= 15 is 0 Å². The van der Waals surface area contributed by atoms with Crippen molar-refractivity contribution in [3.63, 3.8) is 0 Å². The molecule has 0 atom stereocenters. The van der Waals surface area contributed by atoms with E-state index in [0.717, 1.165) is 11.3 Å². The number of nitrogens with one attached hydrogen (secondary N) is 3. The van der Waals surface area contributed by atoms with Gasteiger partial charge < -0.3 is 25.4 Å². The standard InChI is InChI=1S/C20H21N5O4S/c1-3-29-16-7-5-4-6-15(16)23-20(27)21-12-17-24-25-19(30-17)18(26)22-13-8-10-14(28-2)11-9-13/h4-11H,3,12H2,1-2H3,(H,22,26)(H2,21,23,27). The molecule has 2 aromatic carbocycles. The van der Waals surface area contributed by atoms with E-state index in [1.54, 1.807) is 49.6 Å². The Morgan fingerprint density at radius 3 is 2.53 bits per heavy atom. The molecule has 0 aliphatic carbocycles. The number of ether oxygens (including phenoxy) is 2. The molecule has 0 saturated heterocycles. The summed E-state index contributed by atoms with van der Waals surface area (Å²) in [7, 11) is 1.57. The van der Waals surface area contributed by atoms with Gasteiger partial charge >= 0.3 is 6.03 Å². The number of rotatable bonds is 8. The summed E-state index contributed by atoms with van der Waals surface area (Å²) in [6.07, 6.45) is 0. The maximum atomic E-state index is 12.3. The summed E-state index contributed by atoms with van der Waals surface area (Å²) < 4.78 is 10.6. The van der Waals surface area contributed by atoms with E-state index in [9.17, 15) is 9.59 Å². The van der Waals surface area contributed by atoms with Crippen molar-refractivity contribution in [2.45, 2.75) is 13.5 Å². The highest BCUT2D eigenvalue weighted by Crippen LogP contribution is 2.23. The van der Waals surface area contributed by atoms with Gasteiger partial charge in [0.25, 0.3) is 5.91 Å². The van der Waals surface area contributed by atoms with Crippen LogP contribution in [0.4, 0.5) is 16.2 Å². The van der Waals surface area contributed by atoms with Gasteiger partial charge in [-0.15, -0.1) is 10.2 Å². The predicted octanol–water partition coefficient (Wildman–Crippen LogP) is 3.52. The second kappa shape index (κ2) is 10.2. The summed E-state index contributed by atoms with van der Waals surface area (Å²) in [6.45, 7) is 2.50. The quantitative estimate of drug-likeness (QED) is 0.507. The number of aromatic nitrogens is 2. The van der Waals surface area contributed by atoms with Gasteiger partial charge in [-0.05, 0) is 43.3 Å². The summed E-state index contributed by atoms with van der Waals surface area (Å²) in [6, 6.07) is 13.7. The van der Waals surface area contributed by atoms with Crippen LogP contribution in [0.1, 0.15) is 21.7 Å². The van der Waals surface area contributed by atoms with Crippen molar-refractivity contribution >= 4 is 34.6 Å². The zero-order valence-corrected chi connectivity index (χ0v) is 17.3. The minimum absolute atomic E-state index is 0.135. The van der Waals surface area contributed by atoms with Crippen LogP contribution in [0.2, 0.25) is 0 Å². The number of hydrogen-bond acceptors (Lipinski definition) is 7. The maximum Gasteiger partial charge on any atom is 0.319 e. The fourth-order valence-corrected chi connectivity index (χ4v) is 3.12. The molecule has 9 nitrogen and oxygen atoms in total. The minimum Gasteiger partial charge on any atom is -0.497 e. The highest BCUT2D eigenvalue weighted by Gasteiger charge is 2.14. The molecule has 3 N–H and O–H groups in total. The lowest BCUT2D eigenvalue weighted by Crippen LogP contribution is -2.28. The first-order valence-corrected chi connectivity index (χ1v) is 9.95. The normalized spacial score (nSPS) is 10.2. The number of benzene rings is 2. The number of nitrogens with zero attached hydrogens (tertiary/aromatic N) is 2. The Kier molecular flexibility index (Phi) is 7.17. The van der Waals surface area contributed by atoms with Crippen molar-refractivity contribution in [2.24, 2.45) is 0 Å². The Morgan fingerprint density at radius 2 is 1.80 bits per heavy atom. The number of amides is 3. The first-order valence-electron chi connectivity index (χ1n) is 9.13. The summed E-state index contributed by atoms with van der Waals surface area (Å²) in [4.78, 5) is 24.5. The Labute approximate surface area is 177 Å². The minimum atomic E-state index is -0.415. The average Bonchev–Trinajstić information content (AvgIpc) is 3.24. The van der Waals surface area contributed by atoms with Crippen molar-refractivity contribution < 1.29 is 19.1 Å². The van der Waals surface area contributed by atoms with E-state index in [1.807, 2.05) is 13.0 Å². The van der Waals surface area contributed by atoms with Gasteiger partial charge in [0, 0.05) is 5.69 Å². The third kappa shape index (κ3) is 5.67. The molecule has 3 rings (SSSR count). The zero-order chi connectivity index (χ0) is 21.3. The molecule has 0 saturated carbocycles. The molecule has 0 unspecified atom stereocenters. The highest BCUT2D eigenvalue weighted by molar-refractivity contribution is 7.13. The molecular weight excluding hydrogens is 406 g/mol. The third-order valence-electron chi connectivity index (χ3n) is 3.84.